The molecule has 6 heteroatoms. The predicted octanol–water partition coefficient (Wildman–Crippen LogP) is 9.46. The van der Waals surface area contributed by atoms with Gasteiger partial charge in [-0.05, 0) is 83.4 Å². The van der Waals surface area contributed by atoms with E-state index in [0.29, 0.717) is 35.1 Å². The van der Waals surface area contributed by atoms with Crippen LogP contribution in [0.5, 0.6) is 0 Å². The molecule has 0 aromatic heterocycles. The van der Waals surface area contributed by atoms with Crippen LogP contribution in [0, 0.1) is 11.3 Å². The summed E-state index contributed by atoms with van der Waals surface area (Å²) in [6.07, 6.45) is 3.87. The fourth-order valence-corrected chi connectivity index (χ4v) is 8.69. The Balaban J connectivity index is 1.58. The minimum absolute atomic E-state index is 0.0430. The van der Waals surface area contributed by atoms with E-state index in [1.807, 2.05) is 31.7 Å². The molecule has 3 aromatic rings. The van der Waals surface area contributed by atoms with Gasteiger partial charge in [-0.2, -0.15) is 0 Å². The Bertz CT molecular complexity index is 1500. The Labute approximate surface area is 254 Å². The molecule has 0 saturated heterocycles. The summed E-state index contributed by atoms with van der Waals surface area (Å²) in [5.74, 6) is -0.876. The molecule has 1 N–H and O–H groups in total. The van der Waals surface area contributed by atoms with Crippen LogP contribution in [0.25, 0.3) is 10.8 Å². The average Bonchev–Trinajstić information content (AvgIpc) is 3.02. The lowest BCUT2D eigenvalue weighted by Gasteiger charge is -2.50. The largest absolute Gasteiger partial charge is 0.481 e. The molecule has 0 spiro atoms. The number of aliphatic carboxylic acids is 1. The van der Waals surface area contributed by atoms with Gasteiger partial charge in [-0.1, -0.05) is 99.8 Å². The van der Waals surface area contributed by atoms with Gasteiger partial charge < -0.3 is 10.0 Å². The first kappa shape index (κ1) is 29.9. The van der Waals surface area contributed by atoms with Gasteiger partial charge >= 0.3 is 5.97 Å². The maximum Gasteiger partial charge on any atom is 0.309 e. The van der Waals surface area contributed by atoms with Crippen molar-refractivity contribution < 1.29 is 14.7 Å². The Kier molecular flexibility index (Phi) is 8.22. The summed E-state index contributed by atoms with van der Waals surface area (Å²) in [7, 11) is 0. The van der Waals surface area contributed by atoms with Gasteiger partial charge in [-0.3, -0.25) is 9.59 Å². The first-order chi connectivity index (χ1) is 19.4. The second-order valence-corrected chi connectivity index (χ2v) is 13.7. The van der Waals surface area contributed by atoms with Gasteiger partial charge in [0.2, 0.25) is 0 Å². The van der Waals surface area contributed by atoms with Crippen molar-refractivity contribution in [3.05, 3.63) is 80.8 Å². The molecule has 0 radical (unpaired) electrons. The quantitative estimate of drug-likeness (QED) is 0.296. The zero-order valence-corrected chi connectivity index (χ0v) is 26.3. The van der Waals surface area contributed by atoms with Crippen molar-refractivity contribution in [3.63, 3.8) is 0 Å². The molecule has 218 valence electrons. The number of amides is 1. The van der Waals surface area contributed by atoms with Crippen molar-refractivity contribution in [3.8, 4) is 0 Å². The summed E-state index contributed by atoms with van der Waals surface area (Å²) in [4.78, 5) is 29.2. The summed E-state index contributed by atoms with van der Waals surface area (Å²) in [6, 6.07) is 16.9. The Morgan fingerprint density at radius 2 is 1.78 bits per heavy atom. The molecule has 3 aromatic carbocycles. The molecule has 4 atom stereocenters. The number of carboxylic acids is 1. The monoisotopic (exact) mass is 593 g/mol. The van der Waals surface area contributed by atoms with Gasteiger partial charge in [0.05, 0.1) is 16.0 Å². The number of hydrogen-bond acceptors (Lipinski definition) is 2. The minimum atomic E-state index is -0.967. The summed E-state index contributed by atoms with van der Waals surface area (Å²) >= 11 is 13.9. The highest BCUT2D eigenvalue weighted by atomic mass is 35.5. The maximum absolute atomic E-state index is 14.5. The van der Waals surface area contributed by atoms with E-state index >= 15 is 0 Å². The van der Waals surface area contributed by atoms with E-state index in [2.05, 4.69) is 56.3 Å². The normalized spacial score (nSPS) is 25.1. The van der Waals surface area contributed by atoms with Crippen molar-refractivity contribution in [1.82, 2.24) is 4.90 Å². The van der Waals surface area contributed by atoms with Crippen LogP contribution >= 0.6 is 23.2 Å². The summed E-state index contributed by atoms with van der Waals surface area (Å²) in [6.45, 7) is 11.1. The summed E-state index contributed by atoms with van der Waals surface area (Å²) in [5.41, 5.74) is 1.85. The van der Waals surface area contributed by atoms with Crippen LogP contribution in [0.3, 0.4) is 0 Å². The molecule has 1 aliphatic heterocycles. The van der Waals surface area contributed by atoms with Crippen LogP contribution in [-0.2, 0) is 10.2 Å². The van der Waals surface area contributed by atoms with Gasteiger partial charge in [0.25, 0.3) is 5.91 Å². The van der Waals surface area contributed by atoms with Crippen molar-refractivity contribution in [2.24, 2.45) is 11.3 Å². The van der Waals surface area contributed by atoms with Crippen molar-refractivity contribution >= 4 is 45.9 Å². The lowest BCUT2D eigenvalue weighted by Crippen LogP contribution is -2.53. The SMILES string of the molecule is CCC(CCN1C[C@H]2[C@](C)(C(=O)O)CCC[C@]2(C)c2cc(Cl)c(C(C)C)c(Cl)c2C1=O)c1ccc2ccccc2c1. The fourth-order valence-electron chi connectivity index (χ4n) is 7.71. The van der Waals surface area contributed by atoms with E-state index in [4.69, 9.17) is 23.2 Å². The summed E-state index contributed by atoms with van der Waals surface area (Å²) in [5, 5.41) is 13.9. The number of carboxylic acid groups (broad SMARTS) is 1. The van der Waals surface area contributed by atoms with Gasteiger partial charge in [0, 0.05) is 24.0 Å². The third kappa shape index (κ3) is 5.06. The van der Waals surface area contributed by atoms with E-state index < -0.39 is 16.8 Å². The van der Waals surface area contributed by atoms with Crippen LogP contribution in [0.4, 0.5) is 0 Å². The standard InChI is InChI=1S/C35H41Cl2NO3/c1-6-22(25-13-12-23-10-7-8-11-24(23)18-25)14-17-38-20-28-34(4,15-9-16-35(28,5)33(40)41)26-19-27(36)29(21(2)3)31(37)30(26)32(38)39/h7-8,10-13,18-19,21-22,28H,6,9,14-17,20H2,1-5H3,(H,40,41)/t22?,28-,34-,35-/m1/s1. The number of nitrogens with zero attached hydrogens (tertiary/aromatic N) is 1. The lowest BCUT2D eigenvalue weighted by atomic mass is 9.53. The molecule has 1 unspecified atom stereocenters. The zero-order valence-electron chi connectivity index (χ0n) is 24.8. The van der Waals surface area contributed by atoms with Crippen LogP contribution in [0.1, 0.15) is 106 Å². The molecular weight excluding hydrogens is 553 g/mol. The minimum Gasteiger partial charge on any atom is -0.481 e. The van der Waals surface area contributed by atoms with Crippen molar-refractivity contribution in [2.45, 2.75) is 84.0 Å². The number of rotatable bonds is 7. The number of hydrogen-bond donors (Lipinski definition) is 1. The van der Waals surface area contributed by atoms with E-state index in [9.17, 15) is 14.7 Å². The van der Waals surface area contributed by atoms with Crippen LogP contribution in [-0.4, -0.2) is 35.0 Å². The topological polar surface area (TPSA) is 57.6 Å². The second-order valence-electron chi connectivity index (χ2n) is 13.0. The summed E-state index contributed by atoms with van der Waals surface area (Å²) < 4.78 is 0. The van der Waals surface area contributed by atoms with Crippen LogP contribution < -0.4 is 0 Å². The molecule has 1 amide bonds. The highest BCUT2D eigenvalue weighted by Crippen LogP contribution is 2.56. The Hall–Kier alpha value is -2.56. The van der Waals surface area contributed by atoms with Crippen LogP contribution in [0.2, 0.25) is 10.0 Å². The number of carbonyl (C=O) groups is 2. The fraction of sp³-hybridized carbons (Fsp3) is 0.486. The molecular formula is C35H41Cl2NO3. The van der Waals surface area contributed by atoms with Crippen LogP contribution in [0.15, 0.2) is 48.5 Å². The van der Waals surface area contributed by atoms with Crippen molar-refractivity contribution in [2.75, 3.05) is 13.1 Å². The molecule has 4 nitrogen and oxygen atoms in total. The third-order valence-corrected chi connectivity index (χ3v) is 11.0. The van der Waals surface area contributed by atoms with E-state index in [0.717, 1.165) is 36.8 Å². The molecule has 41 heavy (non-hydrogen) atoms. The molecule has 1 saturated carbocycles. The molecule has 0 bridgehead atoms. The molecule has 1 heterocycles. The number of benzene rings is 3. The molecule has 1 fully saturated rings. The van der Waals surface area contributed by atoms with Gasteiger partial charge in [0.15, 0.2) is 0 Å². The van der Waals surface area contributed by atoms with E-state index in [-0.39, 0.29) is 23.7 Å². The first-order valence-corrected chi connectivity index (χ1v) is 15.7. The number of carbonyl (C=O) groups excluding carboxylic acids is 1. The lowest BCUT2D eigenvalue weighted by molar-refractivity contribution is -0.157. The number of fused-ring (bicyclic) bond motifs is 4. The second kappa shape index (κ2) is 11.3. The first-order valence-electron chi connectivity index (χ1n) is 15.0. The highest BCUT2D eigenvalue weighted by molar-refractivity contribution is 6.38. The molecule has 2 aliphatic rings. The smallest absolute Gasteiger partial charge is 0.309 e. The zero-order chi connectivity index (χ0) is 29.7. The van der Waals surface area contributed by atoms with E-state index in [1.165, 1.54) is 16.3 Å². The maximum atomic E-state index is 14.5. The Morgan fingerprint density at radius 1 is 1.07 bits per heavy atom. The highest BCUT2D eigenvalue weighted by Gasteiger charge is 2.57. The van der Waals surface area contributed by atoms with Gasteiger partial charge in [-0.15, -0.1) is 0 Å². The predicted molar refractivity (Wildman–Crippen MR) is 168 cm³/mol. The molecule has 1 aliphatic carbocycles. The average molecular weight is 595 g/mol. The Morgan fingerprint density at radius 3 is 2.44 bits per heavy atom. The third-order valence-electron chi connectivity index (χ3n) is 10.3. The van der Waals surface area contributed by atoms with E-state index in [1.54, 1.807) is 0 Å². The number of halogens is 2. The van der Waals surface area contributed by atoms with Crippen molar-refractivity contribution in [1.29, 1.82) is 0 Å². The van der Waals surface area contributed by atoms with Gasteiger partial charge in [-0.25, -0.2) is 0 Å². The van der Waals surface area contributed by atoms with Gasteiger partial charge in [0.1, 0.15) is 0 Å². The molecule has 5 rings (SSSR count).